The van der Waals surface area contributed by atoms with Crippen molar-refractivity contribution >= 4 is 11.6 Å². The normalized spacial score (nSPS) is 18.4. The average Bonchev–Trinajstić information content (AvgIpc) is 2.85. The zero-order valence-corrected chi connectivity index (χ0v) is 10.6. The molecule has 88 valence electrons. The molecule has 0 spiro atoms. The van der Waals surface area contributed by atoms with Crippen LogP contribution < -0.4 is 5.32 Å². The molecule has 1 N–H and O–H groups in total. The molecule has 1 aromatic heterocycles. The summed E-state index contributed by atoms with van der Waals surface area (Å²) in [4.78, 5) is 0. The lowest BCUT2D eigenvalue weighted by atomic mass is 10.2. The highest BCUT2D eigenvalue weighted by molar-refractivity contribution is 6.31. The van der Waals surface area contributed by atoms with E-state index in [0.29, 0.717) is 6.04 Å². The Labute approximate surface area is 105 Å². The van der Waals surface area contributed by atoms with E-state index >= 15 is 0 Å². The summed E-state index contributed by atoms with van der Waals surface area (Å²) in [5.74, 6) is 0. The third kappa shape index (κ3) is 1.66. The van der Waals surface area contributed by atoms with Crippen molar-refractivity contribution in [3.63, 3.8) is 0 Å². The Balaban J connectivity index is 2.11. The standard InChI is InChI=1S/C13H14ClN3/c1-8-11(14)4-3-5-13(8)17-7-10-9(2)15-6-12(10)16-17/h3-5,7,9,15H,6H2,1-2H3. The van der Waals surface area contributed by atoms with Gasteiger partial charge in [0.25, 0.3) is 0 Å². The van der Waals surface area contributed by atoms with Crippen molar-refractivity contribution in [2.45, 2.75) is 26.4 Å². The Hall–Kier alpha value is -1.32. The van der Waals surface area contributed by atoms with Gasteiger partial charge in [-0.25, -0.2) is 4.68 Å². The van der Waals surface area contributed by atoms with Crippen LogP contribution in [-0.2, 0) is 6.54 Å². The smallest absolute Gasteiger partial charge is 0.0814 e. The minimum absolute atomic E-state index is 0.387. The first-order valence-electron chi connectivity index (χ1n) is 5.74. The van der Waals surface area contributed by atoms with E-state index in [9.17, 15) is 0 Å². The minimum atomic E-state index is 0.387. The second kappa shape index (κ2) is 3.86. The van der Waals surface area contributed by atoms with Crippen LogP contribution in [0.25, 0.3) is 5.69 Å². The van der Waals surface area contributed by atoms with Crippen LogP contribution in [0.3, 0.4) is 0 Å². The molecule has 1 atom stereocenters. The van der Waals surface area contributed by atoms with Crippen molar-refractivity contribution in [1.29, 1.82) is 0 Å². The van der Waals surface area contributed by atoms with Crippen LogP contribution in [0.5, 0.6) is 0 Å². The topological polar surface area (TPSA) is 29.9 Å². The SMILES string of the molecule is Cc1c(Cl)cccc1-n1cc2c(n1)CNC2C. The fourth-order valence-corrected chi connectivity index (χ4v) is 2.42. The Morgan fingerprint density at radius 2 is 2.29 bits per heavy atom. The molecular weight excluding hydrogens is 234 g/mol. The number of benzene rings is 1. The first kappa shape index (κ1) is 10.8. The maximum atomic E-state index is 6.13. The third-order valence-electron chi connectivity index (χ3n) is 3.35. The molecule has 0 radical (unpaired) electrons. The highest BCUT2D eigenvalue weighted by Gasteiger charge is 2.22. The van der Waals surface area contributed by atoms with Crippen LogP contribution >= 0.6 is 11.6 Å². The molecule has 2 aromatic rings. The number of hydrogen-bond acceptors (Lipinski definition) is 2. The lowest BCUT2D eigenvalue weighted by molar-refractivity contribution is 0.617. The Kier molecular flexibility index (Phi) is 2.45. The van der Waals surface area contributed by atoms with Gasteiger partial charge in [0.2, 0.25) is 0 Å². The zero-order valence-electron chi connectivity index (χ0n) is 9.87. The van der Waals surface area contributed by atoms with Crippen molar-refractivity contribution in [2.75, 3.05) is 0 Å². The van der Waals surface area contributed by atoms with Crippen molar-refractivity contribution in [3.05, 3.63) is 46.2 Å². The van der Waals surface area contributed by atoms with Crippen LogP contribution in [0.4, 0.5) is 0 Å². The van der Waals surface area contributed by atoms with Crippen molar-refractivity contribution in [2.24, 2.45) is 0 Å². The third-order valence-corrected chi connectivity index (χ3v) is 3.76. The number of fused-ring (bicyclic) bond motifs is 1. The van der Waals surface area contributed by atoms with E-state index in [2.05, 4.69) is 23.5 Å². The lowest BCUT2D eigenvalue weighted by Crippen LogP contribution is -2.10. The molecule has 4 heteroatoms. The van der Waals surface area contributed by atoms with Gasteiger partial charge in [0, 0.05) is 29.4 Å². The molecule has 3 nitrogen and oxygen atoms in total. The molecule has 0 amide bonds. The maximum Gasteiger partial charge on any atom is 0.0814 e. The Bertz CT molecular complexity index is 574. The summed E-state index contributed by atoms with van der Waals surface area (Å²) in [6, 6.07) is 6.29. The Morgan fingerprint density at radius 1 is 1.47 bits per heavy atom. The molecule has 0 bridgehead atoms. The minimum Gasteiger partial charge on any atom is -0.304 e. The van der Waals surface area contributed by atoms with Gasteiger partial charge in [-0.2, -0.15) is 5.10 Å². The van der Waals surface area contributed by atoms with E-state index in [-0.39, 0.29) is 0 Å². The summed E-state index contributed by atoms with van der Waals surface area (Å²) in [7, 11) is 0. The van der Waals surface area contributed by atoms with Gasteiger partial charge >= 0.3 is 0 Å². The van der Waals surface area contributed by atoms with E-state index in [4.69, 9.17) is 11.6 Å². The summed E-state index contributed by atoms with van der Waals surface area (Å²) in [5.41, 5.74) is 4.54. The van der Waals surface area contributed by atoms with Gasteiger partial charge in [-0.1, -0.05) is 17.7 Å². The van der Waals surface area contributed by atoms with E-state index in [1.807, 2.05) is 29.8 Å². The van der Waals surface area contributed by atoms with E-state index in [1.54, 1.807) is 0 Å². The van der Waals surface area contributed by atoms with Crippen LogP contribution in [0.1, 0.15) is 29.8 Å². The highest BCUT2D eigenvalue weighted by atomic mass is 35.5. The fourth-order valence-electron chi connectivity index (χ4n) is 2.25. The summed E-state index contributed by atoms with van der Waals surface area (Å²) in [5, 5.41) is 8.76. The van der Waals surface area contributed by atoms with Gasteiger partial charge in [0.1, 0.15) is 0 Å². The lowest BCUT2D eigenvalue weighted by Gasteiger charge is -2.08. The predicted octanol–water partition coefficient (Wildman–Crippen LogP) is 3.00. The maximum absolute atomic E-state index is 6.13. The van der Waals surface area contributed by atoms with Gasteiger partial charge in [-0.15, -0.1) is 0 Å². The zero-order chi connectivity index (χ0) is 12.0. The quantitative estimate of drug-likeness (QED) is 0.840. The molecule has 17 heavy (non-hydrogen) atoms. The van der Waals surface area contributed by atoms with Crippen molar-refractivity contribution in [3.8, 4) is 5.69 Å². The number of nitrogens with zero attached hydrogens (tertiary/aromatic N) is 2. The molecule has 0 saturated carbocycles. The molecule has 0 aliphatic carbocycles. The van der Waals surface area contributed by atoms with Crippen molar-refractivity contribution < 1.29 is 0 Å². The first-order valence-corrected chi connectivity index (χ1v) is 6.12. The monoisotopic (exact) mass is 247 g/mol. The van der Waals surface area contributed by atoms with Gasteiger partial charge in [0.05, 0.1) is 11.4 Å². The number of rotatable bonds is 1. The number of halogens is 1. The van der Waals surface area contributed by atoms with Crippen molar-refractivity contribution in [1.82, 2.24) is 15.1 Å². The second-order valence-electron chi connectivity index (χ2n) is 4.46. The molecule has 0 fully saturated rings. The van der Waals surface area contributed by atoms with E-state index < -0.39 is 0 Å². The summed E-state index contributed by atoms with van der Waals surface area (Å²) in [6.45, 7) is 5.03. The van der Waals surface area contributed by atoms with E-state index in [0.717, 1.165) is 28.5 Å². The fraction of sp³-hybridized carbons (Fsp3) is 0.308. The molecular formula is C13H14ClN3. The van der Waals surface area contributed by atoms with Crippen LogP contribution in [0, 0.1) is 6.92 Å². The summed E-state index contributed by atoms with van der Waals surface area (Å²) < 4.78 is 1.93. The summed E-state index contributed by atoms with van der Waals surface area (Å²) in [6.07, 6.45) is 2.10. The molecule has 0 saturated heterocycles. The van der Waals surface area contributed by atoms with Gasteiger partial charge in [-0.05, 0) is 31.5 Å². The highest BCUT2D eigenvalue weighted by Crippen LogP contribution is 2.27. The molecule has 1 unspecified atom stereocenters. The van der Waals surface area contributed by atoms with Gasteiger partial charge in [-0.3, -0.25) is 0 Å². The molecule has 2 heterocycles. The predicted molar refractivity (Wildman–Crippen MR) is 68.6 cm³/mol. The molecule has 1 aliphatic heterocycles. The van der Waals surface area contributed by atoms with Gasteiger partial charge in [0.15, 0.2) is 0 Å². The second-order valence-corrected chi connectivity index (χ2v) is 4.87. The Morgan fingerprint density at radius 3 is 3.06 bits per heavy atom. The van der Waals surface area contributed by atoms with Crippen LogP contribution in [-0.4, -0.2) is 9.78 Å². The number of aromatic nitrogens is 2. The largest absolute Gasteiger partial charge is 0.304 e. The summed E-state index contributed by atoms with van der Waals surface area (Å²) >= 11 is 6.13. The molecule has 3 rings (SSSR count). The number of nitrogens with one attached hydrogen (secondary N) is 1. The number of hydrogen-bond donors (Lipinski definition) is 1. The van der Waals surface area contributed by atoms with Gasteiger partial charge < -0.3 is 5.32 Å². The van der Waals surface area contributed by atoms with Crippen LogP contribution in [0.15, 0.2) is 24.4 Å². The average molecular weight is 248 g/mol. The van der Waals surface area contributed by atoms with Crippen LogP contribution in [0.2, 0.25) is 5.02 Å². The first-order chi connectivity index (χ1) is 8.16. The molecule has 1 aromatic carbocycles. The molecule has 1 aliphatic rings. The van der Waals surface area contributed by atoms with E-state index in [1.165, 1.54) is 5.56 Å².